The summed E-state index contributed by atoms with van der Waals surface area (Å²) in [6.45, 7) is 40.6. The van der Waals surface area contributed by atoms with Crippen LogP contribution in [0.1, 0.15) is 125 Å². The normalized spacial score (nSPS) is 15.3. The van der Waals surface area contributed by atoms with Crippen LogP contribution >= 0.6 is 0 Å². The fourth-order valence-corrected chi connectivity index (χ4v) is 31.1. The number of hydrogen-bond acceptors (Lipinski definition) is 4. The number of rotatable bonds is 12. The van der Waals surface area contributed by atoms with Gasteiger partial charge >= 0.3 is 217 Å². The van der Waals surface area contributed by atoms with E-state index >= 15 is 0 Å². The fourth-order valence-electron chi connectivity index (χ4n) is 6.02. The van der Waals surface area contributed by atoms with Crippen LogP contribution in [-0.2, 0) is 30.8 Å². The summed E-state index contributed by atoms with van der Waals surface area (Å²) < 4.78 is 29.1. The van der Waals surface area contributed by atoms with Gasteiger partial charge in [0.1, 0.15) is 0 Å². The monoisotopic (exact) mass is 540 g/mol. The zero-order valence-electron chi connectivity index (χ0n) is 25.6. The van der Waals surface area contributed by atoms with Gasteiger partial charge in [-0.25, -0.2) is 0 Å². The van der Waals surface area contributed by atoms with Crippen LogP contribution in [0.2, 0.25) is 33.2 Å². The summed E-state index contributed by atoms with van der Waals surface area (Å²) in [5, 5.41) is 0. The van der Waals surface area contributed by atoms with Crippen LogP contribution in [0.25, 0.3) is 0 Å². The first-order valence-corrected chi connectivity index (χ1v) is 20.1. The zero-order valence-corrected chi connectivity index (χ0v) is 29.2. The summed E-state index contributed by atoms with van der Waals surface area (Å²) >= 11 is -4.30. The van der Waals surface area contributed by atoms with Gasteiger partial charge in [-0.3, -0.25) is 0 Å². The van der Waals surface area contributed by atoms with Crippen molar-refractivity contribution in [1.29, 1.82) is 0 Å². The second-order valence-corrected chi connectivity index (χ2v) is 28.6. The van der Waals surface area contributed by atoms with E-state index in [-0.39, 0.29) is 0 Å². The summed E-state index contributed by atoms with van der Waals surface area (Å²) in [6.07, 6.45) is 0. The number of hydrogen-bond donors (Lipinski definition) is 0. The summed E-state index contributed by atoms with van der Waals surface area (Å²) in [6, 6.07) is 0. The molecule has 0 radical (unpaired) electrons. The van der Waals surface area contributed by atoms with Gasteiger partial charge in [-0.2, -0.15) is 0 Å². The SMILES string of the molecule is CC(C)[Si]([O][Ti]([O]C(C)(C)C)([O]C(C)(C)C)[O][Si](C(C)C)(C(C)C)C(C)C)(C(C)C)C(C)C. The minimum atomic E-state index is -4.30. The van der Waals surface area contributed by atoms with Gasteiger partial charge in [-0.1, -0.05) is 0 Å². The van der Waals surface area contributed by atoms with E-state index in [1.165, 1.54) is 0 Å². The molecule has 0 unspecified atom stereocenters. The third kappa shape index (κ3) is 8.52. The molecule has 0 fully saturated rings. The maximum atomic E-state index is 7.56. The Hall–Kier alpha value is 0.988. The second-order valence-electron chi connectivity index (χ2n) is 13.8. The first kappa shape index (κ1) is 34.0. The average molecular weight is 541 g/mol. The van der Waals surface area contributed by atoms with E-state index < -0.39 is 46.0 Å². The van der Waals surface area contributed by atoms with Crippen LogP contribution in [0.15, 0.2) is 0 Å². The Bertz CT molecular complexity index is 495. The van der Waals surface area contributed by atoms with Crippen LogP contribution in [0.3, 0.4) is 0 Å². The molecule has 0 aliphatic rings. The van der Waals surface area contributed by atoms with E-state index in [0.29, 0.717) is 33.2 Å². The fraction of sp³-hybridized carbons (Fsp3) is 1.00. The van der Waals surface area contributed by atoms with E-state index in [4.69, 9.17) is 12.7 Å². The molecule has 0 heterocycles. The zero-order chi connectivity index (χ0) is 26.8. The molecule has 0 aromatic heterocycles. The average Bonchev–Trinajstić information content (AvgIpc) is 2.52. The molecule has 4 nitrogen and oxygen atoms in total. The van der Waals surface area contributed by atoms with Crippen molar-refractivity contribution in [1.82, 2.24) is 0 Å². The molecule has 0 aromatic rings. The Morgan fingerprint density at radius 1 is 0.424 bits per heavy atom. The van der Waals surface area contributed by atoms with Crippen LogP contribution in [-0.4, -0.2) is 27.8 Å². The van der Waals surface area contributed by atoms with Crippen LogP contribution in [0.5, 0.6) is 0 Å². The molecule has 0 aliphatic carbocycles. The van der Waals surface area contributed by atoms with Gasteiger partial charge in [0.05, 0.1) is 0 Å². The van der Waals surface area contributed by atoms with E-state index in [2.05, 4.69) is 125 Å². The van der Waals surface area contributed by atoms with Crippen LogP contribution in [0.4, 0.5) is 0 Å². The van der Waals surface area contributed by atoms with E-state index in [1.807, 2.05) is 0 Å². The minimum absolute atomic E-state index is 0.423. The molecule has 33 heavy (non-hydrogen) atoms. The van der Waals surface area contributed by atoms with Crippen molar-refractivity contribution in [3.8, 4) is 0 Å². The van der Waals surface area contributed by atoms with E-state index in [0.717, 1.165) is 0 Å². The molecular formula is C26H60O4Si2Ti. The standard InChI is InChI=1S/2C9H21OSi.2C4H9O.Ti/c2*1-7(2)11(10,8(3)4)9(5)6;2*1-4(2,3)5;/h2*7-9H,1-6H3;2*1-3H3;/q4*-1;+4. The Kier molecular flexibility index (Phi) is 12.4. The Labute approximate surface area is 215 Å². The molecule has 0 spiro atoms. The van der Waals surface area contributed by atoms with Gasteiger partial charge < -0.3 is 0 Å². The first-order valence-electron chi connectivity index (χ1n) is 13.3. The summed E-state index contributed by atoms with van der Waals surface area (Å²) in [5.74, 6) is 0. The predicted octanol–water partition coefficient (Wildman–Crippen LogP) is 9.81. The van der Waals surface area contributed by atoms with Crippen molar-refractivity contribution in [3.63, 3.8) is 0 Å². The summed E-state index contributed by atoms with van der Waals surface area (Å²) in [4.78, 5) is 0. The Morgan fingerprint density at radius 2 is 0.606 bits per heavy atom. The van der Waals surface area contributed by atoms with Crippen molar-refractivity contribution in [2.24, 2.45) is 0 Å². The van der Waals surface area contributed by atoms with Gasteiger partial charge in [0.15, 0.2) is 0 Å². The molecule has 7 heteroatoms. The van der Waals surface area contributed by atoms with E-state index in [9.17, 15) is 0 Å². The first-order chi connectivity index (χ1) is 14.5. The molecule has 0 aliphatic heterocycles. The summed E-state index contributed by atoms with van der Waals surface area (Å²) in [7, 11) is -4.67. The van der Waals surface area contributed by atoms with Crippen molar-refractivity contribution in [2.75, 3.05) is 0 Å². The van der Waals surface area contributed by atoms with Gasteiger partial charge in [-0.05, 0) is 0 Å². The third-order valence-corrected chi connectivity index (χ3v) is 27.3. The molecular weight excluding hydrogens is 480 g/mol. The van der Waals surface area contributed by atoms with Crippen LogP contribution in [0, 0.1) is 0 Å². The van der Waals surface area contributed by atoms with Crippen molar-refractivity contribution >= 4 is 16.6 Å². The molecule has 0 saturated heterocycles. The molecule has 0 amide bonds. The van der Waals surface area contributed by atoms with Gasteiger partial charge in [0, 0.05) is 0 Å². The Morgan fingerprint density at radius 3 is 0.727 bits per heavy atom. The molecule has 0 atom stereocenters. The Balaban J connectivity index is 7.31. The van der Waals surface area contributed by atoms with Crippen molar-refractivity contribution < 1.29 is 30.8 Å². The molecule has 0 rings (SSSR count). The molecule has 0 saturated carbocycles. The third-order valence-electron chi connectivity index (χ3n) is 6.88. The quantitative estimate of drug-likeness (QED) is 0.231. The van der Waals surface area contributed by atoms with Gasteiger partial charge in [0.2, 0.25) is 0 Å². The predicted molar refractivity (Wildman–Crippen MR) is 146 cm³/mol. The van der Waals surface area contributed by atoms with E-state index in [1.54, 1.807) is 0 Å². The molecule has 0 N–H and O–H groups in total. The van der Waals surface area contributed by atoms with Crippen molar-refractivity contribution in [3.05, 3.63) is 0 Å². The van der Waals surface area contributed by atoms with Crippen LogP contribution < -0.4 is 0 Å². The molecule has 0 bridgehead atoms. The van der Waals surface area contributed by atoms with Gasteiger partial charge in [-0.15, -0.1) is 0 Å². The van der Waals surface area contributed by atoms with Crippen molar-refractivity contribution in [2.45, 2.75) is 169 Å². The topological polar surface area (TPSA) is 36.9 Å². The van der Waals surface area contributed by atoms with Gasteiger partial charge in [0.25, 0.3) is 0 Å². The molecule has 200 valence electrons. The molecule has 0 aromatic carbocycles. The second kappa shape index (κ2) is 12.0. The summed E-state index contributed by atoms with van der Waals surface area (Å²) in [5.41, 5.74) is 1.68. The maximum absolute atomic E-state index is 7.56.